The molecular formula is C12H21N3O. The molecular weight excluding hydrogens is 202 g/mol. The Morgan fingerprint density at radius 1 is 1.56 bits per heavy atom. The van der Waals surface area contributed by atoms with E-state index in [2.05, 4.69) is 15.3 Å². The van der Waals surface area contributed by atoms with E-state index in [1.54, 1.807) is 6.20 Å². The standard InChI is InChI=1S/C12H21N3O/c1-16-11-4-2-3-10(9-11)13-6-5-12-14-7-8-15-12/h7-8,10-11,13H,2-6,9H2,1H3,(H,14,15). The zero-order valence-corrected chi connectivity index (χ0v) is 9.91. The van der Waals surface area contributed by atoms with Crippen LogP contribution in [-0.4, -0.2) is 35.8 Å². The molecule has 1 saturated carbocycles. The molecule has 2 N–H and O–H groups in total. The van der Waals surface area contributed by atoms with Crippen molar-refractivity contribution in [2.75, 3.05) is 13.7 Å². The Bertz CT molecular complexity index is 286. The fraction of sp³-hybridized carbons (Fsp3) is 0.750. The summed E-state index contributed by atoms with van der Waals surface area (Å²) >= 11 is 0. The van der Waals surface area contributed by atoms with E-state index >= 15 is 0 Å². The molecule has 90 valence electrons. The molecule has 0 bridgehead atoms. The van der Waals surface area contributed by atoms with Crippen LogP contribution in [-0.2, 0) is 11.2 Å². The van der Waals surface area contributed by atoms with E-state index < -0.39 is 0 Å². The number of nitrogens with one attached hydrogen (secondary N) is 2. The number of rotatable bonds is 5. The molecule has 4 heteroatoms. The zero-order chi connectivity index (χ0) is 11.2. The van der Waals surface area contributed by atoms with Gasteiger partial charge in [-0.15, -0.1) is 0 Å². The van der Waals surface area contributed by atoms with Crippen LogP contribution in [0.2, 0.25) is 0 Å². The van der Waals surface area contributed by atoms with Gasteiger partial charge in [-0.05, 0) is 25.7 Å². The average Bonchev–Trinajstić information content (AvgIpc) is 2.82. The third-order valence-corrected chi connectivity index (χ3v) is 3.31. The van der Waals surface area contributed by atoms with Crippen molar-refractivity contribution in [3.05, 3.63) is 18.2 Å². The largest absolute Gasteiger partial charge is 0.381 e. The van der Waals surface area contributed by atoms with Crippen molar-refractivity contribution >= 4 is 0 Å². The summed E-state index contributed by atoms with van der Waals surface area (Å²) in [5.74, 6) is 1.06. The second kappa shape index (κ2) is 6.01. The fourth-order valence-corrected chi connectivity index (χ4v) is 2.37. The number of H-pyrrole nitrogens is 1. The number of aromatic nitrogens is 2. The van der Waals surface area contributed by atoms with Gasteiger partial charge in [0.1, 0.15) is 5.82 Å². The van der Waals surface area contributed by atoms with E-state index in [0.717, 1.165) is 25.2 Å². The Morgan fingerprint density at radius 3 is 3.25 bits per heavy atom. The first-order chi connectivity index (χ1) is 7.88. The van der Waals surface area contributed by atoms with Crippen molar-refractivity contribution in [3.8, 4) is 0 Å². The van der Waals surface area contributed by atoms with Gasteiger partial charge < -0.3 is 15.0 Å². The number of hydrogen-bond donors (Lipinski definition) is 2. The number of methoxy groups -OCH3 is 1. The predicted octanol–water partition coefficient (Wildman–Crippen LogP) is 1.50. The van der Waals surface area contributed by atoms with Crippen molar-refractivity contribution in [2.45, 2.75) is 44.2 Å². The van der Waals surface area contributed by atoms with E-state index in [9.17, 15) is 0 Å². The quantitative estimate of drug-likeness (QED) is 0.795. The smallest absolute Gasteiger partial charge is 0.107 e. The molecule has 1 heterocycles. The minimum atomic E-state index is 0.454. The van der Waals surface area contributed by atoms with Crippen LogP contribution in [0.4, 0.5) is 0 Å². The van der Waals surface area contributed by atoms with Crippen molar-refractivity contribution in [1.82, 2.24) is 15.3 Å². The maximum atomic E-state index is 5.42. The highest BCUT2D eigenvalue weighted by atomic mass is 16.5. The van der Waals surface area contributed by atoms with E-state index in [0.29, 0.717) is 12.1 Å². The van der Waals surface area contributed by atoms with Crippen LogP contribution in [0.5, 0.6) is 0 Å². The molecule has 1 aliphatic carbocycles. The second-order valence-corrected chi connectivity index (χ2v) is 4.46. The molecule has 2 unspecified atom stereocenters. The highest BCUT2D eigenvalue weighted by molar-refractivity contribution is 4.88. The third-order valence-electron chi connectivity index (χ3n) is 3.31. The Balaban J connectivity index is 1.65. The molecule has 2 atom stereocenters. The molecule has 0 aliphatic heterocycles. The van der Waals surface area contributed by atoms with Crippen molar-refractivity contribution in [3.63, 3.8) is 0 Å². The Kier molecular flexibility index (Phi) is 4.36. The summed E-state index contributed by atoms with van der Waals surface area (Å²) in [6, 6.07) is 0.619. The molecule has 2 rings (SSSR count). The van der Waals surface area contributed by atoms with Crippen LogP contribution in [0.15, 0.2) is 12.4 Å². The SMILES string of the molecule is COC1CCCC(NCCc2ncc[nH]2)C1. The summed E-state index contributed by atoms with van der Waals surface area (Å²) in [5.41, 5.74) is 0. The molecule has 1 aliphatic rings. The number of imidazole rings is 1. The average molecular weight is 223 g/mol. The molecule has 16 heavy (non-hydrogen) atoms. The molecule has 4 nitrogen and oxygen atoms in total. The second-order valence-electron chi connectivity index (χ2n) is 4.46. The fourth-order valence-electron chi connectivity index (χ4n) is 2.37. The first-order valence-electron chi connectivity index (χ1n) is 6.13. The van der Waals surface area contributed by atoms with Gasteiger partial charge in [-0.3, -0.25) is 0 Å². The monoisotopic (exact) mass is 223 g/mol. The molecule has 0 amide bonds. The van der Waals surface area contributed by atoms with Gasteiger partial charge in [0, 0.05) is 38.5 Å². The van der Waals surface area contributed by atoms with Gasteiger partial charge >= 0.3 is 0 Å². The number of aromatic amines is 1. The minimum absolute atomic E-state index is 0.454. The molecule has 0 radical (unpaired) electrons. The van der Waals surface area contributed by atoms with Crippen LogP contribution in [0.3, 0.4) is 0 Å². The van der Waals surface area contributed by atoms with Gasteiger partial charge in [0.05, 0.1) is 6.10 Å². The van der Waals surface area contributed by atoms with Gasteiger partial charge in [0.2, 0.25) is 0 Å². The van der Waals surface area contributed by atoms with E-state index in [1.807, 2.05) is 13.3 Å². The molecule has 0 spiro atoms. The summed E-state index contributed by atoms with van der Waals surface area (Å²) in [7, 11) is 1.82. The van der Waals surface area contributed by atoms with E-state index in [1.165, 1.54) is 19.3 Å². The Labute approximate surface area is 96.8 Å². The lowest BCUT2D eigenvalue weighted by Gasteiger charge is -2.28. The zero-order valence-electron chi connectivity index (χ0n) is 9.91. The summed E-state index contributed by atoms with van der Waals surface area (Å²) in [4.78, 5) is 7.33. The van der Waals surface area contributed by atoms with Crippen LogP contribution < -0.4 is 5.32 Å². The Morgan fingerprint density at radius 2 is 2.50 bits per heavy atom. The maximum absolute atomic E-state index is 5.42. The van der Waals surface area contributed by atoms with Crippen LogP contribution in [0.25, 0.3) is 0 Å². The normalized spacial score (nSPS) is 25.8. The Hall–Kier alpha value is -0.870. The van der Waals surface area contributed by atoms with Gasteiger partial charge in [-0.25, -0.2) is 4.98 Å². The minimum Gasteiger partial charge on any atom is -0.381 e. The van der Waals surface area contributed by atoms with Crippen molar-refractivity contribution < 1.29 is 4.74 Å². The lowest BCUT2D eigenvalue weighted by atomic mass is 9.93. The van der Waals surface area contributed by atoms with E-state index in [-0.39, 0.29) is 0 Å². The molecule has 1 aromatic heterocycles. The number of hydrogen-bond acceptors (Lipinski definition) is 3. The lowest BCUT2D eigenvalue weighted by molar-refractivity contribution is 0.0590. The van der Waals surface area contributed by atoms with Crippen molar-refractivity contribution in [2.24, 2.45) is 0 Å². The van der Waals surface area contributed by atoms with E-state index in [4.69, 9.17) is 4.74 Å². The highest BCUT2D eigenvalue weighted by Crippen LogP contribution is 2.20. The van der Waals surface area contributed by atoms with Gasteiger partial charge in [-0.2, -0.15) is 0 Å². The number of nitrogens with zero attached hydrogens (tertiary/aromatic N) is 1. The molecule has 1 aromatic rings. The van der Waals surface area contributed by atoms with Crippen LogP contribution >= 0.6 is 0 Å². The summed E-state index contributed by atoms with van der Waals surface area (Å²) < 4.78 is 5.42. The highest BCUT2D eigenvalue weighted by Gasteiger charge is 2.20. The van der Waals surface area contributed by atoms with Crippen LogP contribution in [0, 0.1) is 0 Å². The summed E-state index contributed by atoms with van der Waals surface area (Å²) in [6.45, 7) is 0.995. The molecule has 0 saturated heterocycles. The molecule has 1 fully saturated rings. The molecule has 0 aromatic carbocycles. The summed E-state index contributed by atoms with van der Waals surface area (Å²) in [6.07, 6.45) is 10.0. The van der Waals surface area contributed by atoms with Gasteiger partial charge in [-0.1, -0.05) is 0 Å². The maximum Gasteiger partial charge on any atom is 0.107 e. The van der Waals surface area contributed by atoms with Gasteiger partial charge in [0.25, 0.3) is 0 Å². The number of ether oxygens (including phenoxy) is 1. The van der Waals surface area contributed by atoms with Crippen LogP contribution in [0.1, 0.15) is 31.5 Å². The predicted molar refractivity (Wildman–Crippen MR) is 63.3 cm³/mol. The topological polar surface area (TPSA) is 49.9 Å². The lowest BCUT2D eigenvalue weighted by Crippen LogP contribution is -2.37. The first kappa shape index (κ1) is 11.6. The third kappa shape index (κ3) is 3.32. The van der Waals surface area contributed by atoms with Crippen molar-refractivity contribution in [1.29, 1.82) is 0 Å². The first-order valence-corrected chi connectivity index (χ1v) is 6.13. The summed E-state index contributed by atoms with van der Waals surface area (Å²) in [5, 5.41) is 3.58. The van der Waals surface area contributed by atoms with Gasteiger partial charge in [0.15, 0.2) is 0 Å².